The van der Waals surface area contributed by atoms with Crippen molar-refractivity contribution in [3.8, 4) is 5.75 Å². The van der Waals surface area contributed by atoms with Crippen LogP contribution in [0.1, 0.15) is 70.9 Å². The SMILES string of the molecule is Cc1ccc(C(C)C)c(OC[C@@H](O)C[NH+]2C[C@]3(C)C[C@H]2CC(C)(C)C3)c1. The quantitative estimate of drug-likeness (QED) is 0.816. The maximum Gasteiger partial charge on any atom is 0.137 e. The topological polar surface area (TPSA) is 33.9 Å². The first-order valence-electron chi connectivity index (χ1n) is 10.3. The van der Waals surface area contributed by atoms with Crippen molar-refractivity contribution in [2.24, 2.45) is 10.8 Å². The van der Waals surface area contributed by atoms with E-state index < -0.39 is 6.10 Å². The predicted molar refractivity (Wildman–Crippen MR) is 107 cm³/mol. The first-order chi connectivity index (χ1) is 12.1. The van der Waals surface area contributed by atoms with E-state index in [4.69, 9.17) is 4.74 Å². The summed E-state index contributed by atoms with van der Waals surface area (Å²) in [5, 5.41) is 10.7. The summed E-state index contributed by atoms with van der Waals surface area (Å²) in [6.07, 6.45) is 3.50. The Balaban J connectivity index is 1.59. The van der Waals surface area contributed by atoms with Crippen LogP contribution in [0.15, 0.2) is 18.2 Å². The highest BCUT2D eigenvalue weighted by Gasteiger charge is 2.52. The molecular formula is C23H38NO2+. The molecule has 1 aromatic carbocycles. The normalized spacial score (nSPS) is 31.2. The summed E-state index contributed by atoms with van der Waals surface area (Å²) in [4.78, 5) is 1.59. The van der Waals surface area contributed by atoms with E-state index in [1.807, 2.05) is 0 Å². The van der Waals surface area contributed by atoms with Gasteiger partial charge in [0.15, 0.2) is 0 Å². The molecule has 2 N–H and O–H groups in total. The van der Waals surface area contributed by atoms with Crippen LogP contribution in [0.4, 0.5) is 0 Å². The van der Waals surface area contributed by atoms with Gasteiger partial charge in [0, 0.05) is 18.3 Å². The number of benzene rings is 1. The predicted octanol–water partition coefficient (Wildman–Crippen LogP) is 3.34. The molecule has 0 radical (unpaired) electrons. The van der Waals surface area contributed by atoms with E-state index in [1.165, 1.54) is 36.9 Å². The zero-order chi connectivity index (χ0) is 19.1. The number of fused-ring (bicyclic) bond motifs is 2. The number of hydrogen-bond donors (Lipinski definition) is 2. The lowest BCUT2D eigenvalue weighted by molar-refractivity contribution is -0.917. The van der Waals surface area contributed by atoms with Crippen LogP contribution >= 0.6 is 0 Å². The largest absolute Gasteiger partial charge is 0.490 e. The van der Waals surface area contributed by atoms with Gasteiger partial charge in [-0.3, -0.25) is 0 Å². The van der Waals surface area contributed by atoms with Crippen molar-refractivity contribution in [2.75, 3.05) is 19.7 Å². The molecule has 3 heteroatoms. The first-order valence-corrected chi connectivity index (χ1v) is 10.3. The summed E-state index contributed by atoms with van der Waals surface area (Å²) < 4.78 is 6.07. The third kappa shape index (κ3) is 4.43. The number of quaternary nitrogens is 1. The summed E-state index contributed by atoms with van der Waals surface area (Å²) >= 11 is 0. The minimum absolute atomic E-state index is 0.388. The molecule has 0 spiro atoms. The summed E-state index contributed by atoms with van der Waals surface area (Å²) in [6.45, 7) is 16.1. The molecule has 1 aliphatic heterocycles. The molecule has 1 saturated carbocycles. The number of nitrogens with one attached hydrogen (secondary N) is 1. The van der Waals surface area contributed by atoms with Crippen molar-refractivity contribution in [1.82, 2.24) is 0 Å². The Morgan fingerprint density at radius 2 is 1.96 bits per heavy atom. The molecule has 1 heterocycles. The fraction of sp³-hybridized carbons (Fsp3) is 0.739. The fourth-order valence-corrected chi connectivity index (χ4v) is 5.78. The second-order valence-corrected chi connectivity index (χ2v) is 10.5. The van der Waals surface area contributed by atoms with E-state index in [0.717, 1.165) is 12.3 Å². The van der Waals surface area contributed by atoms with Crippen LogP contribution in [0.3, 0.4) is 0 Å². The van der Waals surface area contributed by atoms with E-state index in [9.17, 15) is 5.11 Å². The molecule has 1 aliphatic carbocycles. The maximum absolute atomic E-state index is 10.7. The minimum Gasteiger partial charge on any atom is -0.490 e. The van der Waals surface area contributed by atoms with Crippen molar-refractivity contribution in [2.45, 2.75) is 78.9 Å². The standard InChI is InChI=1S/C23H37NO2/c1-16(2)20-8-7-17(3)9-21(20)26-13-19(25)12-24-15-23(6)11-18(24)10-22(4,5)14-23/h7-9,16,18-19,25H,10-15H2,1-6H3/p+1/t18-,19+,23-/m1/s1. The Labute approximate surface area is 159 Å². The van der Waals surface area contributed by atoms with Crippen molar-refractivity contribution >= 4 is 0 Å². The van der Waals surface area contributed by atoms with Crippen molar-refractivity contribution in [1.29, 1.82) is 0 Å². The van der Waals surface area contributed by atoms with Gasteiger partial charge in [0.1, 0.15) is 25.0 Å². The third-order valence-corrected chi connectivity index (χ3v) is 6.39. The van der Waals surface area contributed by atoms with Gasteiger partial charge >= 0.3 is 0 Å². The zero-order valence-electron chi connectivity index (χ0n) is 17.6. The Morgan fingerprint density at radius 1 is 1.23 bits per heavy atom. The average Bonchev–Trinajstić information content (AvgIpc) is 2.73. The van der Waals surface area contributed by atoms with Gasteiger partial charge in [-0.15, -0.1) is 0 Å². The van der Waals surface area contributed by atoms with Gasteiger partial charge in [-0.05, 0) is 41.9 Å². The lowest BCUT2D eigenvalue weighted by Gasteiger charge is -2.37. The molecule has 1 aromatic rings. The van der Waals surface area contributed by atoms with Crippen molar-refractivity contribution < 1.29 is 14.7 Å². The van der Waals surface area contributed by atoms with Crippen LogP contribution in [0.2, 0.25) is 0 Å². The lowest BCUT2D eigenvalue weighted by Crippen LogP contribution is -3.15. The Hall–Kier alpha value is -1.06. The van der Waals surface area contributed by atoms with E-state index in [-0.39, 0.29) is 0 Å². The van der Waals surface area contributed by atoms with Gasteiger partial charge in [-0.25, -0.2) is 0 Å². The molecule has 2 fully saturated rings. The highest BCUT2D eigenvalue weighted by molar-refractivity contribution is 5.39. The summed E-state index contributed by atoms with van der Waals surface area (Å²) in [5.74, 6) is 1.36. The van der Waals surface area contributed by atoms with Gasteiger partial charge < -0.3 is 14.7 Å². The van der Waals surface area contributed by atoms with Crippen LogP contribution < -0.4 is 9.64 Å². The Bertz CT molecular complexity index is 639. The number of likely N-dealkylation sites (tertiary alicyclic amines) is 1. The fourth-order valence-electron chi connectivity index (χ4n) is 5.78. The first kappa shape index (κ1) is 19.7. The molecule has 2 bridgehead atoms. The molecule has 3 rings (SSSR count). The summed E-state index contributed by atoms with van der Waals surface area (Å²) in [7, 11) is 0. The highest BCUT2D eigenvalue weighted by Crippen LogP contribution is 2.47. The number of hydrogen-bond acceptors (Lipinski definition) is 2. The zero-order valence-corrected chi connectivity index (χ0v) is 17.6. The summed E-state index contributed by atoms with van der Waals surface area (Å²) in [5.41, 5.74) is 3.31. The van der Waals surface area contributed by atoms with Crippen LogP contribution in [0.25, 0.3) is 0 Å². The maximum atomic E-state index is 10.7. The molecule has 2 aliphatic rings. The molecule has 26 heavy (non-hydrogen) atoms. The molecule has 3 nitrogen and oxygen atoms in total. The van der Waals surface area contributed by atoms with Crippen molar-refractivity contribution in [3.63, 3.8) is 0 Å². The summed E-state index contributed by atoms with van der Waals surface area (Å²) in [6, 6.07) is 7.08. The number of aryl methyl sites for hydroxylation is 1. The monoisotopic (exact) mass is 360 g/mol. The van der Waals surface area contributed by atoms with Gasteiger partial charge in [0.05, 0.1) is 12.6 Å². The van der Waals surface area contributed by atoms with E-state index >= 15 is 0 Å². The van der Waals surface area contributed by atoms with E-state index in [2.05, 4.69) is 59.7 Å². The molecular weight excluding hydrogens is 322 g/mol. The van der Waals surface area contributed by atoms with Gasteiger partial charge in [0.25, 0.3) is 0 Å². The average molecular weight is 361 g/mol. The van der Waals surface area contributed by atoms with Gasteiger partial charge in [-0.2, -0.15) is 0 Å². The Kier molecular flexibility index (Phi) is 5.43. The van der Waals surface area contributed by atoms with Gasteiger partial charge in [0.2, 0.25) is 0 Å². The minimum atomic E-state index is -0.406. The van der Waals surface area contributed by atoms with E-state index in [1.54, 1.807) is 4.90 Å². The molecule has 4 atom stereocenters. The number of aliphatic hydroxyl groups excluding tert-OH is 1. The molecule has 1 unspecified atom stereocenters. The number of aliphatic hydroxyl groups is 1. The second-order valence-electron chi connectivity index (χ2n) is 10.5. The lowest BCUT2D eigenvalue weighted by atomic mass is 9.65. The Morgan fingerprint density at radius 3 is 2.65 bits per heavy atom. The van der Waals surface area contributed by atoms with Crippen LogP contribution in [0.5, 0.6) is 5.75 Å². The van der Waals surface area contributed by atoms with Crippen LogP contribution in [0, 0.1) is 17.8 Å². The molecule has 0 aromatic heterocycles. The van der Waals surface area contributed by atoms with Crippen LogP contribution in [-0.4, -0.2) is 36.9 Å². The van der Waals surface area contributed by atoms with E-state index in [0.29, 0.717) is 29.4 Å². The van der Waals surface area contributed by atoms with Crippen molar-refractivity contribution in [3.05, 3.63) is 29.3 Å². The smallest absolute Gasteiger partial charge is 0.137 e. The molecule has 146 valence electrons. The number of rotatable bonds is 6. The highest BCUT2D eigenvalue weighted by atomic mass is 16.5. The van der Waals surface area contributed by atoms with Gasteiger partial charge in [-0.1, -0.05) is 46.8 Å². The molecule has 0 amide bonds. The third-order valence-electron chi connectivity index (χ3n) is 6.39. The van der Waals surface area contributed by atoms with Crippen LogP contribution in [-0.2, 0) is 0 Å². The second kappa shape index (κ2) is 7.16. The molecule has 1 saturated heterocycles. The number of ether oxygens (including phenoxy) is 1.